The number of fused-ring (bicyclic) bond motifs is 3. The van der Waals surface area contributed by atoms with Gasteiger partial charge in [-0.15, -0.1) is 0 Å². The number of nitrogens with zero attached hydrogens (tertiary/aromatic N) is 2. The molecule has 3 aromatic rings. The molecule has 19 heavy (non-hydrogen) atoms. The van der Waals surface area contributed by atoms with Crippen molar-refractivity contribution < 1.29 is 9.90 Å². The number of H-pyrrole nitrogens is 1. The molecule has 0 radical (unpaired) electrons. The van der Waals surface area contributed by atoms with Crippen molar-refractivity contribution in [2.45, 2.75) is 0 Å². The van der Waals surface area contributed by atoms with Crippen molar-refractivity contribution >= 4 is 39.7 Å². The first kappa shape index (κ1) is 12.4. The maximum Gasteiger partial charge on any atom is 0.402 e. The summed E-state index contributed by atoms with van der Waals surface area (Å²) in [6, 6.07) is 5.73. The SMILES string of the molecule is NC(=O)O.Nc1nc(N)c2ccc3nccc3c2[nH]1. The predicted molar refractivity (Wildman–Crippen MR) is 72.4 cm³/mol. The molecule has 1 amide bonds. The number of anilines is 2. The average Bonchev–Trinajstić information content (AvgIpc) is 2.76. The molecule has 0 atom stereocenters. The molecule has 0 aliphatic carbocycles. The highest BCUT2D eigenvalue weighted by molar-refractivity contribution is 6.07. The van der Waals surface area contributed by atoms with Gasteiger partial charge < -0.3 is 27.3 Å². The Balaban J connectivity index is 0.000000297. The molecule has 98 valence electrons. The van der Waals surface area contributed by atoms with Crippen molar-refractivity contribution in [2.75, 3.05) is 11.5 Å². The minimum atomic E-state index is -1.33. The van der Waals surface area contributed by atoms with Gasteiger partial charge in [0.1, 0.15) is 5.82 Å². The summed E-state index contributed by atoms with van der Waals surface area (Å²) in [6.07, 6.45) is 0.421. The monoisotopic (exact) mass is 260 g/mol. The van der Waals surface area contributed by atoms with Crippen LogP contribution in [-0.2, 0) is 0 Å². The number of benzene rings is 1. The van der Waals surface area contributed by atoms with Crippen LogP contribution in [0.3, 0.4) is 0 Å². The smallest absolute Gasteiger partial charge is 0.402 e. The van der Waals surface area contributed by atoms with E-state index in [4.69, 9.17) is 21.4 Å². The number of hydrogen-bond donors (Lipinski definition) is 5. The predicted octanol–water partition coefficient (Wildman–Crippen LogP) is 0.899. The van der Waals surface area contributed by atoms with E-state index in [-0.39, 0.29) is 0 Å². The lowest BCUT2D eigenvalue weighted by Gasteiger charge is -2.04. The van der Waals surface area contributed by atoms with Gasteiger partial charge in [0, 0.05) is 17.0 Å². The zero-order valence-electron chi connectivity index (χ0n) is 9.79. The number of nitrogen functional groups attached to an aromatic ring is 2. The lowest BCUT2D eigenvalue weighted by Crippen LogP contribution is -2.03. The molecule has 2 heterocycles. The highest BCUT2D eigenvalue weighted by Crippen LogP contribution is 2.26. The van der Waals surface area contributed by atoms with Crippen molar-refractivity contribution in [1.82, 2.24) is 15.0 Å². The van der Waals surface area contributed by atoms with E-state index in [1.54, 1.807) is 6.20 Å². The Labute approximate surface area is 107 Å². The van der Waals surface area contributed by atoms with Crippen LogP contribution < -0.4 is 17.2 Å². The van der Waals surface area contributed by atoms with Crippen molar-refractivity contribution in [1.29, 1.82) is 0 Å². The molecule has 8 nitrogen and oxygen atoms in total. The first-order chi connectivity index (χ1) is 8.99. The van der Waals surface area contributed by atoms with Gasteiger partial charge >= 0.3 is 6.09 Å². The second kappa shape index (κ2) is 4.69. The molecule has 1 aromatic carbocycles. The Hall–Kier alpha value is -3.03. The standard InChI is InChI=1S/C10H9N5.CH3NO2/c11-9-6-1-2-7-5(3-4-13-7)8(6)14-10(12)15-9;2-1(3)4/h1-4H,11H2,(H3,12,14,15);2H2,(H,3,4). The van der Waals surface area contributed by atoms with E-state index in [0.717, 1.165) is 21.8 Å². The van der Waals surface area contributed by atoms with Crippen molar-refractivity contribution in [3.63, 3.8) is 0 Å². The summed E-state index contributed by atoms with van der Waals surface area (Å²) in [5, 5.41) is 9.07. The molecule has 0 fully saturated rings. The molecular weight excluding hydrogens is 248 g/mol. The first-order valence-electron chi connectivity index (χ1n) is 5.26. The van der Waals surface area contributed by atoms with Crippen LogP contribution in [0.5, 0.6) is 0 Å². The fraction of sp³-hybridized carbons (Fsp3) is 0. The van der Waals surface area contributed by atoms with Gasteiger partial charge in [-0.05, 0) is 18.2 Å². The number of primary amides is 1. The van der Waals surface area contributed by atoms with Crippen molar-refractivity contribution in [3.8, 4) is 0 Å². The normalized spacial score (nSPS) is 10.1. The first-order valence-corrected chi connectivity index (χ1v) is 5.26. The Morgan fingerprint density at radius 2 is 1.89 bits per heavy atom. The number of nitrogens with two attached hydrogens (primary N) is 3. The number of carbonyl (C=O) groups is 1. The second-order valence-corrected chi connectivity index (χ2v) is 3.71. The van der Waals surface area contributed by atoms with Gasteiger partial charge in [-0.1, -0.05) is 0 Å². The van der Waals surface area contributed by atoms with Crippen LogP contribution in [0.15, 0.2) is 24.4 Å². The molecule has 0 aliphatic rings. The highest BCUT2D eigenvalue weighted by Gasteiger charge is 2.06. The zero-order valence-corrected chi connectivity index (χ0v) is 9.79. The third-order valence-electron chi connectivity index (χ3n) is 2.45. The number of carboxylic acid groups (broad SMARTS) is 1. The maximum absolute atomic E-state index is 8.78. The summed E-state index contributed by atoms with van der Waals surface area (Å²) in [5.74, 6) is 0.748. The van der Waals surface area contributed by atoms with Crippen LogP contribution in [0.4, 0.5) is 16.6 Å². The molecular formula is C11H12N6O2. The molecule has 0 spiro atoms. The van der Waals surface area contributed by atoms with E-state index in [9.17, 15) is 0 Å². The molecule has 0 saturated carbocycles. The minimum absolute atomic E-state index is 0.314. The van der Waals surface area contributed by atoms with Crippen LogP contribution in [0.25, 0.3) is 21.8 Å². The van der Waals surface area contributed by atoms with Crippen LogP contribution in [0, 0.1) is 0 Å². The van der Waals surface area contributed by atoms with Crippen molar-refractivity contribution in [3.05, 3.63) is 24.4 Å². The molecule has 0 saturated heterocycles. The van der Waals surface area contributed by atoms with E-state index in [2.05, 4.69) is 20.7 Å². The van der Waals surface area contributed by atoms with Gasteiger partial charge in [0.2, 0.25) is 0 Å². The van der Waals surface area contributed by atoms with E-state index in [1.165, 1.54) is 0 Å². The molecule has 0 aliphatic heterocycles. The summed E-state index contributed by atoms with van der Waals surface area (Å²) in [4.78, 5) is 20.0. The van der Waals surface area contributed by atoms with E-state index >= 15 is 0 Å². The van der Waals surface area contributed by atoms with E-state index in [0.29, 0.717) is 11.8 Å². The second-order valence-electron chi connectivity index (χ2n) is 3.71. The van der Waals surface area contributed by atoms with Crippen molar-refractivity contribution in [2.24, 2.45) is 5.73 Å². The van der Waals surface area contributed by atoms with Crippen LogP contribution in [0.1, 0.15) is 0 Å². The lowest BCUT2D eigenvalue weighted by atomic mass is 10.1. The minimum Gasteiger partial charge on any atom is -0.465 e. The van der Waals surface area contributed by atoms with Gasteiger partial charge in [-0.2, -0.15) is 4.98 Å². The summed E-state index contributed by atoms with van der Waals surface area (Å²) in [7, 11) is 0. The quantitative estimate of drug-likeness (QED) is 0.404. The summed E-state index contributed by atoms with van der Waals surface area (Å²) >= 11 is 0. The summed E-state index contributed by atoms with van der Waals surface area (Å²) in [5.41, 5.74) is 17.2. The van der Waals surface area contributed by atoms with Gasteiger partial charge in [0.15, 0.2) is 5.95 Å². The number of aromatic nitrogens is 3. The van der Waals surface area contributed by atoms with Gasteiger partial charge in [-0.25, -0.2) is 4.79 Å². The zero-order chi connectivity index (χ0) is 14.0. The van der Waals surface area contributed by atoms with E-state index < -0.39 is 6.09 Å². The summed E-state index contributed by atoms with van der Waals surface area (Å²) in [6.45, 7) is 0. The molecule has 3 rings (SSSR count). The summed E-state index contributed by atoms with van der Waals surface area (Å²) < 4.78 is 0. The topological polar surface area (TPSA) is 157 Å². The molecule has 0 unspecified atom stereocenters. The Morgan fingerprint density at radius 3 is 2.58 bits per heavy atom. The Morgan fingerprint density at radius 1 is 1.21 bits per heavy atom. The molecule has 0 bridgehead atoms. The molecule has 2 aromatic heterocycles. The fourth-order valence-corrected chi connectivity index (χ4v) is 1.78. The molecule has 8 heteroatoms. The third-order valence-corrected chi connectivity index (χ3v) is 2.45. The number of nitrogens with one attached hydrogen (secondary N) is 1. The van der Waals surface area contributed by atoms with Crippen LogP contribution >= 0.6 is 0 Å². The Bertz CT molecular complexity index is 747. The third kappa shape index (κ3) is 2.46. The van der Waals surface area contributed by atoms with Gasteiger partial charge in [0.05, 0.1) is 11.0 Å². The Kier molecular flexibility index (Phi) is 3.06. The average molecular weight is 260 g/mol. The lowest BCUT2D eigenvalue weighted by molar-refractivity contribution is 0.205. The molecule has 8 N–H and O–H groups in total. The largest absolute Gasteiger partial charge is 0.465 e. The maximum atomic E-state index is 8.78. The fourth-order valence-electron chi connectivity index (χ4n) is 1.78. The van der Waals surface area contributed by atoms with Gasteiger partial charge in [-0.3, -0.25) is 4.98 Å². The number of aromatic amines is 1. The van der Waals surface area contributed by atoms with Gasteiger partial charge in [0.25, 0.3) is 0 Å². The van der Waals surface area contributed by atoms with Crippen LogP contribution in [-0.4, -0.2) is 26.2 Å². The number of rotatable bonds is 0. The number of amides is 1. The van der Waals surface area contributed by atoms with E-state index in [1.807, 2.05) is 18.2 Å². The number of hydrogen-bond acceptors (Lipinski definition) is 5. The van der Waals surface area contributed by atoms with Crippen LogP contribution in [0.2, 0.25) is 0 Å². The highest BCUT2D eigenvalue weighted by atomic mass is 16.4.